The van der Waals surface area contributed by atoms with E-state index in [4.69, 9.17) is 10.5 Å². The van der Waals surface area contributed by atoms with Gasteiger partial charge in [0.1, 0.15) is 11.9 Å². The Labute approximate surface area is 146 Å². The lowest BCUT2D eigenvalue weighted by atomic mass is 9.88. The first-order valence-corrected chi connectivity index (χ1v) is 8.68. The Bertz CT molecular complexity index is 772. The molecule has 1 aliphatic carbocycles. The Balaban J connectivity index is 1.65. The van der Waals surface area contributed by atoms with Crippen LogP contribution in [0.1, 0.15) is 35.6 Å². The highest BCUT2D eigenvalue weighted by molar-refractivity contribution is 5.70. The van der Waals surface area contributed by atoms with E-state index in [1.165, 1.54) is 17.7 Å². The van der Waals surface area contributed by atoms with E-state index in [0.29, 0.717) is 6.54 Å². The Kier molecular flexibility index (Phi) is 4.17. The van der Waals surface area contributed by atoms with Gasteiger partial charge in [-0.2, -0.15) is 0 Å². The Morgan fingerprint density at radius 2 is 1.84 bits per heavy atom. The molecule has 1 saturated carbocycles. The second kappa shape index (κ2) is 6.48. The fourth-order valence-electron chi connectivity index (χ4n) is 3.68. The molecule has 2 aliphatic rings. The summed E-state index contributed by atoms with van der Waals surface area (Å²) < 4.78 is 19.0. The van der Waals surface area contributed by atoms with Crippen molar-refractivity contribution in [2.45, 2.75) is 37.5 Å². The molecule has 0 saturated heterocycles. The molecular weight excluding hydrogens is 319 g/mol. The summed E-state index contributed by atoms with van der Waals surface area (Å²) in [6.07, 6.45) is 1.82. The van der Waals surface area contributed by atoms with Gasteiger partial charge in [0.25, 0.3) is 0 Å². The number of nitrogens with two attached hydrogens (primary N) is 1. The number of carbonyl (C=O) groups excluding carboxylic acids is 1. The van der Waals surface area contributed by atoms with Crippen molar-refractivity contribution in [3.05, 3.63) is 71.0 Å². The number of hydrogen-bond acceptors (Lipinski definition) is 3. The molecule has 1 fully saturated rings. The summed E-state index contributed by atoms with van der Waals surface area (Å²) in [5, 5.41) is 0. The maximum atomic E-state index is 13.4. The number of hydrogen-bond donors (Lipinski definition) is 1. The van der Waals surface area contributed by atoms with Gasteiger partial charge in [-0.25, -0.2) is 9.18 Å². The van der Waals surface area contributed by atoms with Crippen LogP contribution >= 0.6 is 0 Å². The van der Waals surface area contributed by atoms with Crippen molar-refractivity contribution in [3.8, 4) is 0 Å². The van der Waals surface area contributed by atoms with Crippen molar-refractivity contribution in [2.24, 2.45) is 5.73 Å². The SMILES string of the molecule is NC1CC(OC(=O)N2CCc3ccccc3[C@@H]2c2ccc(F)cc2)C1. The molecule has 0 bridgehead atoms. The first-order valence-electron chi connectivity index (χ1n) is 8.68. The van der Waals surface area contributed by atoms with E-state index in [0.717, 1.165) is 30.4 Å². The predicted octanol–water partition coefficient (Wildman–Crippen LogP) is 3.40. The largest absolute Gasteiger partial charge is 0.446 e. The van der Waals surface area contributed by atoms with Gasteiger partial charge in [0.05, 0.1) is 6.04 Å². The van der Waals surface area contributed by atoms with E-state index in [2.05, 4.69) is 6.07 Å². The van der Waals surface area contributed by atoms with Crippen LogP contribution in [-0.4, -0.2) is 29.7 Å². The maximum absolute atomic E-state index is 13.4. The second-order valence-electron chi connectivity index (χ2n) is 6.83. The Morgan fingerprint density at radius 1 is 1.12 bits per heavy atom. The minimum absolute atomic E-state index is 0.0893. The van der Waals surface area contributed by atoms with E-state index in [1.807, 2.05) is 18.2 Å². The van der Waals surface area contributed by atoms with Crippen LogP contribution < -0.4 is 5.73 Å². The summed E-state index contributed by atoms with van der Waals surface area (Å²) in [5.41, 5.74) is 8.95. The zero-order chi connectivity index (χ0) is 17.4. The first kappa shape index (κ1) is 16.1. The average Bonchev–Trinajstić information content (AvgIpc) is 2.60. The molecule has 1 heterocycles. The monoisotopic (exact) mass is 340 g/mol. The lowest BCUT2D eigenvalue weighted by Gasteiger charge is -2.39. The van der Waals surface area contributed by atoms with Gasteiger partial charge in [-0.15, -0.1) is 0 Å². The van der Waals surface area contributed by atoms with Crippen LogP contribution in [-0.2, 0) is 11.2 Å². The number of fused-ring (bicyclic) bond motifs is 1. The van der Waals surface area contributed by atoms with Crippen LogP contribution in [0.5, 0.6) is 0 Å². The molecule has 130 valence electrons. The van der Waals surface area contributed by atoms with Crippen molar-refractivity contribution >= 4 is 6.09 Å². The van der Waals surface area contributed by atoms with Crippen LogP contribution in [0.15, 0.2) is 48.5 Å². The first-order chi connectivity index (χ1) is 12.1. The molecule has 4 rings (SSSR count). The molecule has 5 heteroatoms. The van der Waals surface area contributed by atoms with Crippen molar-refractivity contribution < 1.29 is 13.9 Å². The van der Waals surface area contributed by atoms with Crippen molar-refractivity contribution in [1.29, 1.82) is 0 Å². The molecule has 0 radical (unpaired) electrons. The van der Waals surface area contributed by atoms with Gasteiger partial charge in [-0.1, -0.05) is 36.4 Å². The topological polar surface area (TPSA) is 55.6 Å². The molecular formula is C20H21FN2O2. The van der Waals surface area contributed by atoms with Gasteiger partial charge < -0.3 is 10.5 Å². The normalized spacial score (nSPS) is 25.0. The number of halogens is 1. The minimum Gasteiger partial charge on any atom is -0.446 e. The Morgan fingerprint density at radius 3 is 2.56 bits per heavy atom. The highest BCUT2D eigenvalue weighted by Crippen LogP contribution is 2.36. The van der Waals surface area contributed by atoms with Crippen LogP contribution in [0, 0.1) is 5.82 Å². The quantitative estimate of drug-likeness (QED) is 0.912. The zero-order valence-corrected chi connectivity index (χ0v) is 13.9. The smallest absolute Gasteiger partial charge is 0.410 e. The summed E-state index contributed by atoms with van der Waals surface area (Å²) in [6.45, 7) is 0.580. The van der Waals surface area contributed by atoms with Crippen molar-refractivity contribution in [2.75, 3.05) is 6.54 Å². The van der Waals surface area contributed by atoms with E-state index < -0.39 is 0 Å². The van der Waals surface area contributed by atoms with Gasteiger partial charge in [0, 0.05) is 12.6 Å². The summed E-state index contributed by atoms with van der Waals surface area (Å²) in [6, 6.07) is 14.3. The summed E-state index contributed by atoms with van der Waals surface area (Å²) >= 11 is 0. The van der Waals surface area contributed by atoms with Crippen LogP contribution in [0.4, 0.5) is 9.18 Å². The summed E-state index contributed by atoms with van der Waals surface area (Å²) in [5.74, 6) is -0.287. The number of rotatable bonds is 2. The number of carbonyl (C=O) groups is 1. The summed E-state index contributed by atoms with van der Waals surface area (Å²) in [4.78, 5) is 14.5. The van der Waals surface area contributed by atoms with Crippen molar-refractivity contribution in [3.63, 3.8) is 0 Å². The zero-order valence-electron chi connectivity index (χ0n) is 13.9. The molecule has 0 aromatic heterocycles. The van der Waals surface area contributed by atoms with E-state index in [9.17, 15) is 9.18 Å². The third kappa shape index (κ3) is 3.12. The molecule has 2 aromatic carbocycles. The lowest BCUT2D eigenvalue weighted by Crippen LogP contribution is -2.47. The highest BCUT2D eigenvalue weighted by Gasteiger charge is 2.36. The van der Waals surface area contributed by atoms with Crippen LogP contribution in [0.25, 0.3) is 0 Å². The second-order valence-corrected chi connectivity index (χ2v) is 6.83. The third-order valence-electron chi connectivity index (χ3n) is 5.10. The molecule has 4 nitrogen and oxygen atoms in total. The third-order valence-corrected chi connectivity index (χ3v) is 5.10. The Hall–Kier alpha value is -2.40. The number of benzene rings is 2. The van der Waals surface area contributed by atoms with Crippen LogP contribution in [0.3, 0.4) is 0 Å². The van der Waals surface area contributed by atoms with E-state index in [1.54, 1.807) is 17.0 Å². The van der Waals surface area contributed by atoms with Crippen molar-refractivity contribution in [1.82, 2.24) is 4.90 Å². The standard InChI is InChI=1S/C20H21FN2O2/c21-15-7-5-14(6-8-15)19-18-4-2-1-3-13(18)9-10-23(19)20(24)25-17-11-16(22)12-17/h1-8,16-17,19H,9-12,22H2/t16?,17?,19-/m0/s1. The van der Waals surface area contributed by atoms with Gasteiger partial charge in [-0.3, -0.25) is 4.90 Å². The van der Waals surface area contributed by atoms with Gasteiger partial charge >= 0.3 is 6.09 Å². The molecule has 1 aliphatic heterocycles. The van der Waals surface area contributed by atoms with Gasteiger partial charge in [0.15, 0.2) is 0 Å². The number of amides is 1. The predicted molar refractivity (Wildman–Crippen MR) is 92.6 cm³/mol. The summed E-state index contributed by atoms with van der Waals surface area (Å²) in [7, 11) is 0. The lowest BCUT2D eigenvalue weighted by molar-refractivity contribution is 0.0119. The minimum atomic E-state index is -0.319. The van der Waals surface area contributed by atoms with Gasteiger partial charge in [0.2, 0.25) is 0 Å². The average molecular weight is 340 g/mol. The molecule has 25 heavy (non-hydrogen) atoms. The van der Waals surface area contributed by atoms with E-state index in [-0.39, 0.29) is 30.1 Å². The molecule has 1 atom stereocenters. The molecule has 1 amide bonds. The van der Waals surface area contributed by atoms with Crippen LogP contribution in [0.2, 0.25) is 0 Å². The molecule has 2 N–H and O–H groups in total. The number of nitrogens with zero attached hydrogens (tertiary/aromatic N) is 1. The molecule has 0 unspecified atom stereocenters. The van der Waals surface area contributed by atoms with E-state index >= 15 is 0 Å². The maximum Gasteiger partial charge on any atom is 0.410 e. The highest BCUT2D eigenvalue weighted by atomic mass is 19.1. The van der Waals surface area contributed by atoms with Gasteiger partial charge in [-0.05, 0) is 48.1 Å². The number of ether oxygens (including phenoxy) is 1. The fourth-order valence-corrected chi connectivity index (χ4v) is 3.68. The fraction of sp³-hybridized carbons (Fsp3) is 0.350. The molecule has 0 spiro atoms. The molecule has 2 aromatic rings.